The van der Waals surface area contributed by atoms with E-state index in [1.807, 2.05) is 127 Å². The number of ether oxygens (including phenoxy) is 1. The van der Waals surface area contributed by atoms with Crippen LogP contribution in [0, 0.1) is 45.0 Å². The fourth-order valence-corrected chi connectivity index (χ4v) is 11.0. The maximum Gasteiger partial charge on any atom is 0.135 e. The molecule has 0 atom stereocenters. The van der Waals surface area contributed by atoms with Gasteiger partial charge in [0.15, 0.2) is 0 Å². The Labute approximate surface area is 505 Å². The first kappa shape index (κ1) is 48.3. The summed E-state index contributed by atoms with van der Waals surface area (Å²) in [6.07, 6.45) is 8.41. The molecule has 0 amide bonds. The van der Waals surface area contributed by atoms with Crippen molar-refractivity contribution in [2.75, 3.05) is 9.80 Å². The summed E-state index contributed by atoms with van der Waals surface area (Å²) in [5.74, 6) is 1.78. The molecule has 6 heteroatoms. The number of aryl methyl sites for hydroxylation is 1. The average Bonchev–Trinajstić information content (AvgIpc) is 1.18. The molecule has 0 fully saturated rings. The van der Waals surface area contributed by atoms with Crippen LogP contribution >= 0.6 is 0 Å². The Kier molecular flexibility index (Phi) is 13.6. The number of hydrogen-bond acceptors (Lipinski definition) is 4. The molecule has 0 N–H and O–H groups in total. The standard InChI is InChI=1S/C74H83N4O.Pt/c1-17-18-19-21-27-51-34-35-62-61(38-51)69-54(46-71(5,6)7)41-60(45-65(69)78(62)66-43-55(36-37-75-66)72(8,9)10)79-59-31-26-30-58(44-59)76-47-77(64-33-25-24-32-63(64)76)70-67(52-28-22-20-23-29-52)49(3)48(2)50(4)68(70)53-39-56(73(11,12)13)42-57(40-53)74(14,15)16;/h20,22-26,28-43,47H,17-19,21,27,46H2,1-16H3;/q-3;/i20D,22D,23D,28D,29D,39D,40D,42D;. The first-order valence-electron chi connectivity index (χ1n) is 32.3. The maximum atomic E-state index is 10.2. The van der Waals surface area contributed by atoms with Crippen molar-refractivity contribution < 1.29 is 36.8 Å². The van der Waals surface area contributed by atoms with Crippen LogP contribution in [0.25, 0.3) is 49.9 Å². The minimum atomic E-state index is -0.686. The third-order valence-electron chi connectivity index (χ3n) is 15.5. The monoisotopic (exact) mass is 1250 g/mol. The zero-order chi connectivity index (χ0) is 63.3. The first-order chi connectivity index (χ1) is 40.7. The molecule has 9 aromatic rings. The van der Waals surface area contributed by atoms with Crippen LogP contribution in [0.4, 0.5) is 22.7 Å². The number of fused-ring (bicyclic) bond motifs is 4. The van der Waals surface area contributed by atoms with E-state index in [1.165, 1.54) is 30.4 Å². The van der Waals surface area contributed by atoms with Crippen LogP contribution in [0.1, 0.15) is 171 Å². The van der Waals surface area contributed by atoms with Gasteiger partial charge in [-0.15, -0.1) is 48.3 Å². The summed E-state index contributed by atoms with van der Waals surface area (Å²) in [6, 6.07) is 32.4. The smallest absolute Gasteiger partial charge is 0.135 e. The van der Waals surface area contributed by atoms with E-state index in [4.69, 9.17) is 13.8 Å². The van der Waals surface area contributed by atoms with Crippen LogP contribution in [-0.4, -0.2) is 9.55 Å². The van der Waals surface area contributed by atoms with Gasteiger partial charge in [0.1, 0.15) is 5.82 Å². The Hall–Kier alpha value is -6.42. The van der Waals surface area contributed by atoms with Gasteiger partial charge in [-0.1, -0.05) is 193 Å². The minimum absolute atomic E-state index is 0. The molecule has 0 spiro atoms. The number of anilines is 4. The molecule has 0 bridgehead atoms. The van der Waals surface area contributed by atoms with E-state index in [1.54, 1.807) is 0 Å². The van der Waals surface area contributed by atoms with E-state index in [0.29, 0.717) is 61.9 Å². The quantitative estimate of drug-likeness (QED) is 0.0851. The largest absolute Gasteiger partial charge is 0.509 e. The van der Waals surface area contributed by atoms with Gasteiger partial charge in [-0.2, -0.15) is 6.07 Å². The molecular weight excluding hydrogens is 1160 g/mol. The van der Waals surface area contributed by atoms with E-state index in [9.17, 15) is 6.85 Å². The van der Waals surface area contributed by atoms with Crippen LogP contribution in [-0.2, 0) is 50.2 Å². The third kappa shape index (κ3) is 11.7. The number of hydrogen-bond donors (Lipinski definition) is 0. The second kappa shape index (κ2) is 22.5. The van der Waals surface area contributed by atoms with Crippen molar-refractivity contribution in [1.29, 1.82) is 0 Å². The van der Waals surface area contributed by atoms with Crippen molar-refractivity contribution in [2.45, 2.75) is 166 Å². The normalized spacial score (nSPS) is 14.5. The van der Waals surface area contributed by atoms with Gasteiger partial charge in [-0.25, -0.2) is 4.98 Å². The second-order valence-corrected chi connectivity index (χ2v) is 26.1. The Morgan fingerprint density at radius 1 is 0.625 bits per heavy atom. The molecule has 0 saturated carbocycles. The molecule has 80 heavy (non-hydrogen) atoms. The van der Waals surface area contributed by atoms with Crippen molar-refractivity contribution in [1.82, 2.24) is 9.55 Å². The molecule has 0 radical (unpaired) electrons. The summed E-state index contributed by atoms with van der Waals surface area (Å²) in [5.41, 5.74) is 10.9. The SMILES string of the molecule is [2H]c1c([2H])c([2H])c(-c2c(C)c(C)c(C)c(-c3c([2H])c(C(C)(C)C)c([2H])c(C(C)(C)C)c3[2H])c2N2[CH-]N(c3[c-]c(Oc4[c-]c5c(c(CC(C)(C)C)c4)c4cc(CCCCCC)ccc4n5-c4cc(C(C)(C)C)ccn4)ccc3)c3ccccc32)c([2H])c1[2H].[Pt]. The number of aromatic nitrogens is 2. The molecule has 1 aliphatic rings. The molecule has 1 aliphatic heterocycles. The van der Waals surface area contributed by atoms with Crippen molar-refractivity contribution in [3.8, 4) is 39.6 Å². The van der Waals surface area contributed by atoms with Crippen molar-refractivity contribution in [3.63, 3.8) is 0 Å². The van der Waals surface area contributed by atoms with Crippen molar-refractivity contribution in [3.05, 3.63) is 197 Å². The molecule has 7 aromatic carbocycles. The summed E-state index contributed by atoms with van der Waals surface area (Å²) < 4.78 is 85.1. The topological polar surface area (TPSA) is 33.5 Å². The van der Waals surface area contributed by atoms with Crippen LogP contribution in [0.5, 0.6) is 11.5 Å². The van der Waals surface area contributed by atoms with Crippen LogP contribution in [0.3, 0.4) is 0 Å². The van der Waals surface area contributed by atoms with Gasteiger partial charge in [0.2, 0.25) is 0 Å². The van der Waals surface area contributed by atoms with E-state index in [2.05, 4.69) is 102 Å². The van der Waals surface area contributed by atoms with Gasteiger partial charge in [0.25, 0.3) is 0 Å². The van der Waals surface area contributed by atoms with E-state index in [0.717, 1.165) is 69.3 Å². The Morgan fingerprint density at radius 2 is 1.27 bits per heavy atom. The molecule has 0 unspecified atom stereocenters. The third-order valence-corrected chi connectivity index (χ3v) is 15.5. The summed E-state index contributed by atoms with van der Waals surface area (Å²) in [5, 5.41) is 2.29. The Morgan fingerprint density at radius 3 is 1.91 bits per heavy atom. The molecular formula is C74H83N4OPt-3. The molecule has 418 valence electrons. The van der Waals surface area contributed by atoms with Gasteiger partial charge >= 0.3 is 0 Å². The van der Waals surface area contributed by atoms with Gasteiger partial charge in [-0.3, -0.25) is 0 Å². The van der Waals surface area contributed by atoms with E-state index in [-0.39, 0.29) is 67.7 Å². The van der Waals surface area contributed by atoms with Crippen LogP contribution in [0.15, 0.2) is 133 Å². The van der Waals surface area contributed by atoms with Gasteiger partial charge < -0.3 is 19.1 Å². The molecule has 5 nitrogen and oxygen atoms in total. The fourth-order valence-electron chi connectivity index (χ4n) is 11.0. The zero-order valence-corrected chi connectivity index (χ0v) is 52.2. The predicted octanol–water partition coefficient (Wildman–Crippen LogP) is 20.8. The number of unbranched alkanes of at least 4 members (excludes halogenated alkanes) is 3. The Bertz CT molecular complexity index is 4150. The van der Waals surface area contributed by atoms with Crippen molar-refractivity contribution in [2.24, 2.45) is 5.41 Å². The summed E-state index contributed by atoms with van der Waals surface area (Å²) in [6.45, 7) is 35.3. The van der Waals surface area contributed by atoms with Crippen molar-refractivity contribution >= 4 is 44.6 Å². The number of para-hydroxylation sites is 2. The molecule has 10 rings (SSSR count). The number of benzene rings is 7. The maximum absolute atomic E-state index is 10.2. The Balaban J connectivity index is 0.00000922. The predicted molar refractivity (Wildman–Crippen MR) is 336 cm³/mol. The van der Waals surface area contributed by atoms with E-state index < -0.39 is 29.0 Å². The van der Waals surface area contributed by atoms with Crippen LogP contribution in [0.2, 0.25) is 0 Å². The van der Waals surface area contributed by atoms with Crippen LogP contribution < -0.4 is 14.5 Å². The van der Waals surface area contributed by atoms with Gasteiger partial charge in [0.05, 0.1) is 11.0 Å². The molecule has 2 aromatic heterocycles. The first-order valence-corrected chi connectivity index (χ1v) is 28.3. The zero-order valence-electron chi connectivity index (χ0n) is 57.9. The number of nitrogens with zero attached hydrogens (tertiary/aromatic N) is 4. The average molecular weight is 1250 g/mol. The van der Waals surface area contributed by atoms with Gasteiger partial charge in [-0.05, 0) is 147 Å². The minimum Gasteiger partial charge on any atom is -0.509 e. The number of rotatable bonds is 13. The summed E-state index contributed by atoms with van der Waals surface area (Å²) >= 11 is 0. The summed E-state index contributed by atoms with van der Waals surface area (Å²) in [7, 11) is 0. The molecule has 3 heterocycles. The number of pyridine rings is 1. The summed E-state index contributed by atoms with van der Waals surface area (Å²) in [4.78, 5) is 9.02. The molecule has 0 saturated heterocycles. The second-order valence-electron chi connectivity index (χ2n) is 26.1. The van der Waals surface area contributed by atoms with Gasteiger partial charge in [0, 0.05) is 72.5 Å². The molecule has 0 aliphatic carbocycles. The fraction of sp³-hybridized carbons (Fsp3) is 0.351. The van der Waals surface area contributed by atoms with E-state index >= 15 is 0 Å².